The average molecular weight is 382 g/mol. The summed E-state index contributed by atoms with van der Waals surface area (Å²) in [5.74, 6) is -0.103. The molecule has 1 aromatic heterocycles. The normalized spacial score (nSPS) is 16.8. The number of aromatic nitrogens is 2. The summed E-state index contributed by atoms with van der Waals surface area (Å²) in [7, 11) is 0. The van der Waals surface area contributed by atoms with Crippen LogP contribution in [0.2, 0.25) is 0 Å². The maximum Gasteiger partial charge on any atom is 0.225 e. The van der Waals surface area contributed by atoms with Crippen molar-refractivity contribution in [1.82, 2.24) is 10.2 Å². The van der Waals surface area contributed by atoms with E-state index in [1.54, 1.807) is 12.1 Å². The number of rotatable bonds is 8. The number of hydrogen-bond donors (Lipinski definition) is 2. The Kier molecular flexibility index (Phi) is 6.60. The van der Waals surface area contributed by atoms with E-state index >= 15 is 0 Å². The standard InChI is InChI=1S/C16H19FN4O2S2/c17-12-5-1-2-6-13(12)19-14(22)7-9-24-16-21-20-15(25-16)18-10-11-4-3-8-23-11/h1-2,5-6,11H,3-4,7-10H2,(H,18,20)(H,19,22). The van der Waals surface area contributed by atoms with Gasteiger partial charge in [0.25, 0.3) is 0 Å². The van der Waals surface area contributed by atoms with Crippen molar-refractivity contribution < 1.29 is 13.9 Å². The molecule has 0 saturated carbocycles. The van der Waals surface area contributed by atoms with Gasteiger partial charge in [-0.15, -0.1) is 10.2 Å². The summed E-state index contributed by atoms with van der Waals surface area (Å²) in [4.78, 5) is 11.9. The first-order valence-corrected chi connectivity index (χ1v) is 9.87. The molecule has 1 amide bonds. The minimum atomic E-state index is -0.436. The lowest BCUT2D eigenvalue weighted by molar-refractivity contribution is -0.115. The molecule has 25 heavy (non-hydrogen) atoms. The van der Waals surface area contributed by atoms with E-state index in [0.717, 1.165) is 35.5 Å². The summed E-state index contributed by atoms with van der Waals surface area (Å²) < 4.78 is 19.8. The zero-order chi connectivity index (χ0) is 17.5. The van der Waals surface area contributed by atoms with Gasteiger partial charge in [0, 0.05) is 25.3 Å². The van der Waals surface area contributed by atoms with E-state index in [9.17, 15) is 9.18 Å². The molecule has 2 heterocycles. The van der Waals surface area contributed by atoms with E-state index in [2.05, 4.69) is 20.8 Å². The second-order valence-electron chi connectivity index (χ2n) is 5.52. The van der Waals surface area contributed by atoms with Gasteiger partial charge in [-0.05, 0) is 25.0 Å². The molecule has 6 nitrogen and oxygen atoms in total. The first-order chi connectivity index (χ1) is 12.2. The fourth-order valence-electron chi connectivity index (χ4n) is 2.35. The Morgan fingerprint density at radius 3 is 3.08 bits per heavy atom. The molecule has 1 aliphatic heterocycles. The number of para-hydroxylation sites is 1. The zero-order valence-electron chi connectivity index (χ0n) is 13.5. The molecule has 134 valence electrons. The van der Waals surface area contributed by atoms with E-state index < -0.39 is 5.82 Å². The molecule has 2 aromatic rings. The predicted molar refractivity (Wildman–Crippen MR) is 97.7 cm³/mol. The van der Waals surface area contributed by atoms with Crippen LogP contribution in [0.5, 0.6) is 0 Å². The number of anilines is 2. The molecule has 1 fully saturated rings. The number of ether oxygens (including phenoxy) is 1. The molecular weight excluding hydrogens is 363 g/mol. The lowest BCUT2D eigenvalue weighted by Gasteiger charge is -2.08. The van der Waals surface area contributed by atoms with Crippen molar-refractivity contribution in [3.05, 3.63) is 30.1 Å². The number of nitrogens with one attached hydrogen (secondary N) is 2. The van der Waals surface area contributed by atoms with Crippen molar-refractivity contribution in [3.63, 3.8) is 0 Å². The Bertz CT molecular complexity index is 707. The van der Waals surface area contributed by atoms with E-state index in [0.29, 0.717) is 5.75 Å². The lowest BCUT2D eigenvalue weighted by atomic mass is 10.2. The van der Waals surface area contributed by atoms with E-state index in [1.807, 2.05) is 0 Å². The highest BCUT2D eigenvalue weighted by Crippen LogP contribution is 2.26. The van der Waals surface area contributed by atoms with Crippen LogP contribution in [0.1, 0.15) is 19.3 Å². The fraction of sp³-hybridized carbons (Fsp3) is 0.438. The molecule has 1 aromatic carbocycles. The third-order valence-corrected chi connectivity index (χ3v) is 5.63. The molecule has 1 atom stereocenters. The predicted octanol–water partition coefficient (Wildman–Crippen LogP) is 3.39. The molecule has 2 N–H and O–H groups in total. The minimum Gasteiger partial charge on any atom is -0.376 e. The Balaban J connectivity index is 1.37. The molecule has 1 saturated heterocycles. The zero-order valence-corrected chi connectivity index (χ0v) is 15.2. The van der Waals surface area contributed by atoms with Crippen LogP contribution in [0.4, 0.5) is 15.2 Å². The maximum absolute atomic E-state index is 13.5. The van der Waals surface area contributed by atoms with Gasteiger partial charge in [0.05, 0.1) is 11.8 Å². The number of amides is 1. The summed E-state index contributed by atoms with van der Waals surface area (Å²) in [6.45, 7) is 1.57. The number of benzene rings is 1. The molecular formula is C16H19FN4O2S2. The monoisotopic (exact) mass is 382 g/mol. The van der Waals surface area contributed by atoms with Crippen LogP contribution in [0.3, 0.4) is 0 Å². The SMILES string of the molecule is O=C(CCSc1nnc(NCC2CCCO2)s1)Nc1ccccc1F. The van der Waals surface area contributed by atoms with Crippen molar-refractivity contribution in [3.8, 4) is 0 Å². The number of carbonyl (C=O) groups is 1. The van der Waals surface area contributed by atoms with E-state index in [4.69, 9.17) is 4.74 Å². The molecule has 0 aliphatic carbocycles. The van der Waals surface area contributed by atoms with Crippen molar-refractivity contribution in [2.24, 2.45) is 0 Å². The number of hydrogen-bond acceptors (Lipinski definition) is 7. The van der Waals surface area contributed by atoms with Crippen LogP contribution in [0.15, 0.2) is 28.6 Å². The number of thioether (sulfide) groups is 1. The van der Waals surface area contributed by atoms with Crippen LogP contribution in [0.25, 0.3) is 0 Å². The Hall–Kier alpha value is -1.71. The Morgan fingerprint density at radius 1 is 1.40 bits per heavy atom. The fourth-order valence-corrected chi connectivity index (χ4v) is 4.12. The van der Waals surface area contributed by atoms with Gasteiger partial charge in [0.15, 0.2) is 4.34 Å². The second-order valence-corrected chi connectivity index (χ2v) is 7.84. The molecule has 9 heteroatoms. The highest BCUT2D eigenvalue weighted by atomic mass is 32.2. The maximum atomic E-state index is 13.5. The van der Waals surface area contributed by atoms with Gasteiger partial charge in [-0.3, -0.25) is 4.79 Å². The smallest absolute Gasteiger partial charge is 0.225 e. The van der Waals surface area contributed by atoms with Gasteiger partial charge < -0.3 is 15.4 Å². The largest absolute Gasteiger partial charge is 0.376 e. The van der Waals surface area contributed by atoms with Gasteiger partial charge >= 0.3 is 0 Å². The van der Waals surface area contributed by atoms with Crippen LogP contribution >= 0.6 is 23.1 Å². The van der Waals surface area contributed by atoms with Gasteiger partial charge in [0.2, 0.25) is 11.0 Å². The summed E-state index contributed by atoms with van der Waals surface area (Å²) in [6, 6.07) is 6.12. The molecule has 0 radical (unpaired) electrons. The van der Waals surface area contributed by atoms with Crippen molar-refractivity contribution in [2.75, 3.05) is 29.5 Å². The quantitative estimate of drug-likeness (QED) is 0.682. The highest BCUT2D eigenvalue weighted by Gasteiger charge is 2.16. The number of nitrogens with zero attached hydrogens (tertiary/aromatic N) is 2. The summed E-state index contributed by atoms with van der Waals surface area (Å²) >= 11 is 2.92. The van der Waals surface area contributed by atoms with Crippen LogP contribution in [-0.2, 0) is 9.53 Å². The molecule has 0 bridgehead atoms. The Morgan fingerprint density at radius 2 is 2.28 bits per heavy atom. The van der Waals surface area contributed by atoms with E-state index in [1.165, 1.54) is 35.2 Å². The lowest BCUT2D eigenvalue weighted by Crippen LogP contribution is -2.18. The van der Waals surface area contributed by atoms with Crippen molar-refractivity contribution in [2.45, 2.75) is 29.7 Å². The van der Waals surface area contributed by atoms with Gasteiger partial charge in [0.1, 0.15) is 5.82 Å². The molecule has 1 unspecified atom stereocenters. The number of halogens is 1. The van der Waals surface area contributed by atoms with Crippen LogP contribution in [-0.4, -0.2) is 41.1 Å². The highest BCUT2D eigenvalue weighted by molar-refractivity contribution is 8.01. The first kappa shape index (κ1) is 18.1. The summed E-state index contributed by atoms with van der Waals surface area (Å²) in [5.41, 5.74) is 0.203. The molecule has 3 rings (SSSR count). The van der Waals surface area contributed by atoms with Crippen molar-refractivity contribution >= 4 is 39.8 Å². The van der Waals surface area contributed by atoms with Crippen LogP contribution in [0, 0.1) is 5.82 Å². The third kappa shape index (κ3) is 5.65. The van der Waals surface area contributed by atoms with Crippen molar-refractivity contribution in [1.29, 1.82) is 0 Å². The molecule has 1 aliphatic rings. The first-order valence-electron chi connectivity index (χ1n) is 8.07. The van der Waals surface area contributed by atoms with Gasteiger partial charge in [-0.25, -0.2) is 4.39 Å². The third-order valence-electron chi connectivity index (χ3n) is 3.61. The van der Waals surface area contributed by atoms with E-state index in [-0.39, 0.29) is 24.1 Å². The van der Waals surface area contributed by atoms with Gasteiger partial charge in [-0.2, -0.15) is 0 Å². The minimum absolute atomic E-state index is 0.203. The average Bonchev–Trinajstić information content (AvgIpc) is 3.27. The van der Waals surface area contributed by atoms with Gasteiger partial charge in [-0.1, -0.05) is 35.2 Å². The second kappa shape index (κ2) is 9.12. The van der Waals surface area contributed by atoms with Crippen LogP contribution < -0.4 is 10.6 Å². The summed E-state index contributed by atoms with van der Waals surface area (Å²) in [5, 5.41) is 14.7. The Labute approximate surface area is 153 Å². The number of carbonyl (C=O) groups excluding carboxylic acids is 1. The molecule has 0 spiro atoms. The topological polar surface area (TPSA) is 76.1 Å². The summed E-state index contributed by atoms with van der Waals surface area (Å²) in [6.07, 6.45) is 2.71.